The number of benzene rings is 1. The first-order valence-corrected chi connectivity index (χ1v) is 6.01. The standard InChI is InChI=1S/C13H15ClO3/c1-13(2)5-3-4-8-6-9(14)7-10(12(15)16)11(8)17-13/h6-7H,3-5H2,1-2H3,(H,15,16). The molecule has 0 aromatic heterocycles. The Hall–Kier alpha value is -1.22. The zero-order valence-electron chi connectivity index (χ0n) is 9.92. The average Bonchev–Trinajstić information content (AvgIpc) is 2.34. The third-order valence-corrected chi connectivity index (χ3v) is 3.18. The predicted octanol–water partition coefficient (Wildman–Crippen LogP) is 3.53. The van der Waals surface area contributed by atoms with Gasteiger partial charge in [-0.3, -0.25) is 0 Å². The van der Waals surface area contributed by atoms with Crippen molar-refractivity contribution in [1.29, 1.82) is 0 Å². The van der Waals surface area contributed by atoms with Gasteiger partial charge in [-0.2, -0.15) is 0 Å². The van der Waals surface area contributed by atoms with E-state index < -0.39 is 5.97 Å². The molecule has 0 saturated heterocycles. The Morgan fingerprint density at radius 1 is 1.47 bits per heavy atom. The number of rotatable bonds is 1. The number of fused-ring (bicyclic) bond motifs is 1. The second-order valence-corrected chi connectivity index (χ2v) is 5.40. The molecule has 0 spiro atoms. The molecule has 1 aliphatic heterocycles. The first-order chi connectivity index (χ1) is 7.89. The van der Waals surface area contributed by atoms with Crippen molar-refractivity contribution in [2.45, 2.75) is 38.7 Å². The summed E-state index contributed by atoms with van der Waals surface area (Å²) in [5, 5.41) is 9.64. The SMILES string of the molecule is CC1(C)CCCc2cc(Cl)cc(C(=O)O)c2O1. The summed E-state index contributed by atoms with van der Waals surface area (Å²) in [4.78, 5) is 11.2. The predicted molar refractivity (Wildman–Crippen MR) is 66.1 cm³/mol. The monoisotopic (exact) mass is 254 g/mol. The molecule has 0 fully saturated rings. The van der Waals surface area contributed by atoms with Gasteiger partial charge in [-0.15, -0.1) is 0 Å². The van der Waals surface area contributed by atoms with E-state index in [0.29, 0.717) is 10.8 Å². The maximum Gasteiger partial charge on any atom is 0.339 e. The van der Waals surface area contributed by atoms with Crippen LogP contribution in [0.3, 0.4) is 0 Å². The van der Waals surface area contributed by atoms with E-state index in [-0.39, 0.29) is 11.2 Å². The quantitative estimate of drug-likeness (QED) is 0.834. The number of halogens is 1. The lowest BCUT2D eigenvalue weighted by atomic mass is 10.0. The molecule has 0 atom stereocenters. The van der Waals surface area contributed by atoms with Crippen LogP contribution < -0.4 is 4.74 Å². The molecular weight excluding hydrogens is 240 g/mol. The number of carbonyl (C=O) groups is 1. The highest BCUT2D eigenvalue weighted by Gasteiger charge is 2.28. The van der Waals surface area contributed by atoms with Crippen molar-refractivity contribution >= 4 is 17.6 Å². The largest absolute Gasteiger partial charge is 0.487 e. The molecule has 92 valence electrons. The van der Waals surface area contributed by atoms with E-state index in [1.807, 2.05) is 13.8 Å². The minimum Gasteiger partial charge on any atom is -0.487 e. The van der Waals surface area contributed by atoms with Crippen molar-refractivity contribution in [3.05, 3.63) is 28.3 Å². The van der Waals surface area contributed by atoms with Crippen LogP contribution in [0.5, 0.6) is 5.75 Å². The maximum absolute atomic E-state index is 11.2. The van der Waals surface area contributed by atoms with Crippen LogP contribution in [0.1, 0.15) is 42.6 Å². The van der Waals surface area contributed by atoms with Gasteiger partial charge in [-0.1, -0.05) is 11.6 Å². The number of aryl methyl sites for hydroxylation is 1. The summed E-state index contributed by atoms with van der Waals surface area (Å²) in [6.45, 7) is 3.95. The fourth-order valence-corrected chi connectivity index (χ4v) is 2.39. The number of aromatic carboxylic acids is 1. The molecule has 1 aromatic rings. The maximum atomic E-state index is 11.2. The highest BCUT2D eigenvalue weighted by atomic mass is 35.5. The molecule has 0 aliphatic carbocycles. The lowest BCUT2D eigenvalue weighted by Crippen LogP contribution is -2.27. The number of hydrogen-bond acceptors (Lipinski definition) is 2. The molecule has 1 aliphatic rings. The minimum absolute atomic E-state index is 0.155. The summed E-state index contributed by atoms with van der Waals surface area (Å²) < 4.78 is 5.85. The molecule has 3 nitrogen and oxygen atoms in total. The Morgan fingerprint density at radius 2 is 2.18 bits per heavy atom. The molecular formula is C13H15ClO3. The molecule has 1 aromatic carbocycles. The van der Waals surface area contributed by atoms with E-state index in [9.17, 15) is 9.90 Å². The van der Waals surface area contributed by atoms with Gasteiger partial charge in [0.1, 0.15) is 16.9 Å². The second kappa shape index (κ2) is 4.22. The van der Waals surface area contributed by atoms with Gasteiger partial charge >= 0.3 is 5.97 Å². The van der Waals surface area contributed by atoms with Gasteiger partial charge in [-0.05, 0) is 50.8 Å². The number of ether oxygens (including phenoxy) is 1. The van der Waals surface area contributed by atoms with Crippen LogP contribution >= 0.6 is 11.6 Å². The molecule has 4 heteroatoms. The van der Waals surface area contributed by atoms with Crippen LogP contribution in [0.15, 0.2) is 12.1 Å². The van der Waals surface area contributed by atoms with Gasteiger partial charge in [-0.25, -0.2) is 4.79 Å². The third kappa shape index (κ3) is 2.55. The summed E-state index contributed by atoms with van der Waals surface area (Å²) in [5.74, 6) is -0.522. The van der Waals surface area contributed by atoms with Crippen molar-refractivity contribution in [2.75, 3.05) is 0 Å². The van der Waals surface area contributed by atoms with Gasteiger partial charge in [0.25, 0.3) is 0 Å². The lowest BCUT2D eigenvalue weighted by Gasteiger charge is -2.25. The van der Waals surface area contributed by atoms with Gasteiger partial charge in [0.15, 0.2) is 0 Å². The summed E-state index contributed by atoms with van der Waals surface area (Å²) in [5.41, 5.74) is 0.714. The molecule has 0 radical (unpaired) electrons. The molecule has 1 heterocycles. The van der Waals surface area contributed by atoms with E-state index in [1.165, 1.54) is 6.07 Å². The Bertz CT molecular complexity index is 466. The van der Waals surface area contributed by atoms with Gasteiger partial charge < -0.3 is 9.84 Å². The fraction of sp³-hybridized carbons (Fsp3) is 0.462. The van der Waals surface area contributed by atoms with Crippen molar-refractivity contribution < 1.29 is 14.6 Å². The summed E-state index contributed by atoms with van der Waals surface area (Å²) in [6.07, 6.45) is 2.68. The van der Waals surface area contributed by atoms with E-state index in [1.54, 1.807) is 6.07 Å². The van der Waals surface area contributed by atoms with Crippen LogP contribution in [-0.2, 0) is 6.42 Å². The van der Waals surface area contributed by atoms with Crippen molar-refractivity contribution in [1.82, 2.24) is 0 Å². The first-order valence-electron chi connectivity index (χ1n) is 5.64. The molecule has 0 saturated carbocycles. The summed E-state index contributed by atoms with van der Waals surface area (Å²) in [6, 6.07) is 3.24. The third-order valence-electron chi connectivity index (χ3n) is 2.96. The highest BCUT2D eigenvalue weighted by Crippen LogP contribution is 2.36. The molecule has 1 N–H and O–H groups in total. The van der Waals surface area contributed by atoms with E-state index in [0.717, 1.165) is 24.8 Å². The molecule has 17 heavy (non-hydrogen) atoms. The van der Waals surface area contributed by atoms with Gasteiger partial charge in [0, 0.05) is 5.02 Å². The van der Waals surface area contributed by atoms with Gasteiger partial charge in [0.05, 0.1) is 0 Å². The molecule has 0 bridgehead atoms. The summed E-state index contributed by atoms with van der Waals surface area (Å²) in [7, 11) is 0. The topological polar surface area (TPSA) is 46.5 Å². The Labute approximate surface area is 105 Å². The minimum atomic E-state index is -0.999. The fourth-order valence-electron chi connectivity index (χ4n) is 2.15. The molecule has 2 rings (SSSR count). The van der Waals surface area contributed by atoms with Crippen molar-refractivity contribution in [3.63, 3.8) is 0 Å². The second-order valence-electron chi connectivity index (χ2n) is 4.96. The number of carboxylic acid groups (broad SMARTS) is 1. The van der Waals surface area contributed by atoms with Crippen LogP contribution in [0.4, 0.5) is 0 Å². The molecule has 0 unspecified atom stereocenters. The van der Waals surface area contributed by atoms with E-state index >= 15 is 0 Å². The highest BCUT2D eigenvalue weighted by molar-refractivity contribution is 6.31. The first kappa shape index (κ1) is 12.2. The number of carboxylic acids is 1. The van der Waals surface area contributed by atoms with Crippen LogP contribution in [0, 0.1) is 0 Å². The lowest BCUT2D eigenvalue weighted by molar-refractivity contribution is 0.0672. The summed E-state index contributed by atoms with van der Waals surface area (Å²) >= 11 is 5.93. The Kier molecular flexibility index (Phi) is 3.04. The van der Waals surface area contributed by atoms with Crippen LogP contribution in [0.25, 0.3) is 0 Å². The smallest absolute Gasteiger partial charge is 0.339 e. The zero-order valence-corrected chi connectivity index (χ0v) is 10.7. The van der Waals surface area contributed by atoms with E-state index in [2.05, 4.69) is 0 Å². The normalized spacial score (nSPS) is 17.8. The zero-order chi connectivity index (χ0) is 12.6. The van der Waals surface area contributed by atoms with Crippen LogP contribution in [-0.4, -0.2) is 16.7 Å². The Balaban J connectivity index is 2.57. The number of hydrogen-bond donors (Lipinski definition) is 1. The average molecular weight is 255 g/mol. The Morgan fingerprint density at radius 3 is 2.82 bits per heavy atom. The molecule has 0 amide bonds. The van der Waals surface area contributed by atoms with Crippen molar-refractivity contribution in [3.8, 4) is 5.75 Å². The van der Waals surface area contributed by atoms with Crippen molar-refractivity contribution in [2.24, 2.45) is 0 Å². The van der Waals surface area contributed by atoms with Gasteiger partial charge in [0.2, 0.25) is 0 Å². The van der Waals surface area contributed by atoms with Crippen LogP contribution in [0.2, 0.25) is 5.02 Å². The van der Waals surface area contributed by atoms with E-state index in [4.69, 9.17) is 16.3 Å².